The van der Waals surface area contributed by atoms with E-state index in [0.717, 1.165) is 5.56 Å². The SMILES string of the molecule is O=C1C[C@H](Cc2ccc(C(=O)O)cc2)C(=O)N1. The fourth-order valence-electron chi connectivity index (χ4n) is 1.84. The molecule has 88 valence electrons. The lowest BCUT2D eigenvalue weighted by molar-refractivity contribution is -0.125. The van der Waals surface area contributed by atoms with Crippen LogP contribution in [-0.4, -0.2) is 22.9 Å². The Morgan fingerprint density at radius 3 is 2.41 bits per heavy atom. The van der Waals surface area contributed by atoms with Crippen LogP contribution in [0.4, 0.5) is 0 Å². The molecular weight excluding hydrogens is 222 g/mol. The molecule has 0 aliphatic carbocycles. The molecule has 0 bridgehead atoms. The normalized spacial score (nSPS) is 19.2. The van der Waals surface area contributed by atoms with Crippen molar-refractivity contribution in [3.8, 4) is 0 Å². The second kappa shape index (κ2) is 4.37. The molecule has 1 atom stereocenters. The number of aromatic carboxylic acids is 1. The van der Waals surface area contributed by atoms with Gasteiger partial charge >= 0.3 is 5.97 Å². The van der Waals surface area contributed by atoms with Crippen LogP contribution in [0.1, 0.15) is 22.3 Å². The Bertz CT molecular complexity index is 478. The first-order valence-corrected chi connectivity index (χ1v) is 5.22. The fraction of sp³-hybridized carbons (Fsp3) is 0.250. The number of carbonyl (C=O) groups is 3. The van der Waals surface area contributed by atoms with Crippen molar-refractivity contribution in [3.05, 3.63) is 35.4 Å². The Morgan fingerprint density at radius 2 is 1.94 bits per heavy atom. The Balaban J connectivity index is 2.07. The first-order chi connectivity index (χ1) is 8.06. The first-order valence-electron chi connectivity index (χ1n) is 5.22. The van der Waals surface area contributed by atoms with Crippen LogP contribution in [0, 0.1) is 5.92 Å². The van der Waals surface area contributed by atoms with Gasteiger partial charge < -0.3 is 5.11 Å². The van der Waals surface area contributed by atoms with Crippen molar-refractivity contribution in [3.63, 3.8) is 0 Å². The zero-order valence-electron chi connectivity index (χ0n) is 8.97. The van der Waals surface area contributed by atoms with Gasteiger partial charge in [-0.05, 0) is 24.1 Å². The van der Waals surface area contributed by atoms with E-state index in [1.165, 1.54) is 12.1 Å². The lowest BCUT2D eigenvalue weighted by Gasteiger charge is -2.05. The minimum atomic E-state index is -0.981. The molecule has 1 aliphatic rings. The van der Waals surface area contributed by atoms with Gasteiger partial charge in [0.05, 0.1) is 11.5 Å². The Labute approximate surface area is 97.4 Å². The van der Waals surface area contributed by atoms with E-state index in [9.17, 15) is 14.4 Å². The summed E-state index contributed by atoms with van der Waals surface area (Å²) in [5.74, 6) is -1.82. The van der Waals surface area contributed by atoms with Crippen LogP contribution in [0.25, 0.3) is 0 Å². The standard InChI is InChI=1S/C12H11NO4/c14-10-6-9(11(15)13-10)5-7-1-3-8(4-2-7)12(16)17/h1-4,9H,5-6H2,(H,16,17)(H,13,14,15)/t9-/m0/s1. The summed E-state index contributed by atoms with van der Waals surface area (Å²) in [5, 5.41) is 11.0. The molecule has 1 fully saturated rings. The Hall–Kier alpha value is -2.17. The van der Waals surface area contributed by atoms with Crippen molar-refractivity contribution in [1.82, 2.24) is 5.32 Å². The van der Waals surface area contributed by atoms with E-state index in [1.54, 1.807) is 12.1 Å². The van der Waals surface area contributed by atoms with Gasteiger partial charge in [0.2, 0.25) is 11.8 Å². The van der Waals surface area contributed by atoms with Gasteiger partial charge in [0, 0.05) is 6.42 Å². The van der Waals surface area contributed by atoms with E-state index in [4.69, 9.17) is 5.11 Å². The molecule has 5 heteroatoms. The number of hydrogen-bond donors (Lipinski definition) is 2. The molecular formula is C12H11NO4. The van der Waals surface area contributed by atoms with Crippen LogP contribution >= 0.6 is 0 Å². The maximum absolute atomic E-state index is 11.3. The van der Waals surface area contributed by atoms with Gasteiger partial charge in [0.15, 0.2) is 0 Å². The van der Waals surface area contributed by atoms with Crippen LogP contribution in [0.2, 0.25) is 0 Å². The monoisotopic (exact) mass is 233 g/mol. The molecule has 1 aromatic carbocycles. The third-order valence-corrected chi connectivity index (χ3v) is 2.75. The summed E-state index contributed by atoms with van der Waals surface area (Å²) >= 11 is 0. The smallest absolute Gasteiger partial charge is 0.335 e. The number of carbonyl (C=O) groups excluding carboxylic acids is 2. The lowest BCUT2D eigenvalue weighted by Crippen LogP contribution is -2.22. The maximum Gasteiger partial charge on any atom is 0.335 e. The molecule has 0 aromatic heterocycles. The highest BCUT2D eigenvalue weighted by molar-refractivity contribution is 6.03. The number of amides is 2. The van der Waals surface area contributed by atoms with Crippen molar-refractivity contribution in [1.29, 1.82) is 0 Å². The molecule has 5 nitrogen and oxygen atoms in total. The average Bonchev–Trinajstić information content (AvgIpc) is 2.58. The summed E-state index contributed by atoms with van der Waals surface area (Å²) in [6.07, 6.45) is 0.664. The van der Waals surface area contributed by atoms with E-state index < -0.39 is 5.97 Å². The van der Waals surface area contributed by atoms with E-state index in [-0.39, 0.29) is 29.7 Å². The van der Waals surface area contributed by atoms with Crippen molar-refractivity contribution in [2.24, 2.45) is 5.92 Å². The van der Waals surface area contributed by atoms with E-state index in [0.29, 0.717) is 6.42 Å². The number of hydrogen-bond acceptors (Lipinski definition) is 3. The van der Waals surface area contributed by atoms with Crippen molar-refractivity contribution >= 4 is 17.8 Å². The molecule has 0 radical (unpaired) electrons. The van der Waals surface area contributed by atoms with Gasteiger partial charge in [-0.3, -0.25) is 14.9 Å². The van der Waals surface area contributed by atoms with Crippen LogP contribution < -0.4 is 5.32 Å². The van der Waals surface area contributed by atoms with Crippen LogP contribution in [0.5, 0.6) is 0 Å². The van der Waals surface area contributed by atoms with Crippen LogP contribution in [0.15, 0.2) is 24.3 Å². The first kappa shape index (κ1) is 11.3. The minimum Gasteiger partial charge on any atom is -0.478 e. The lowest BCUT2D eigenvalue weighted by atomic mass is 9.97. The van der Waals surface area contributed by atoms with Crippen LogP contribution in [-0.2, 0) is 16.0 Å². The third-order valence-electron chi connectivity index (χ3n) is 2.75. The predicted molar refractivity (Wildman–Crippen MR) is 58.4 cm³/mol. The molecule has 2 N–H and O–H groups in total. The third kappa shape index (κ3) is 2.50. The maximum atomic E-state index is 11.3. The summed E-state index contributed by atoms with van der Waals surface area (Å²) in [7, 11) is 0. The number of nitrogens with one attached hydrogen (secondary N) is 1. The summed E-state index contributed by atoms with van der Waals surface area (Å²) in [4.78, 5) is 33.0. The second-order valence-electron chi connectivity index (χ2n) is 4.02. The molecule has 0 unspecified atom stereocenters. The molecule has 1 saturated heterocycles. The van der Waals surface area contributed by atoms with Gasteiger partial charge in [0.25, 0.3) is 0 Å². The fourth-order valence-corrected chi connectivity index (χ4v) is 1.84. The molecule has 2 rings (SSSR count). The summed E-state index contributed by atoms with van der Waals surface area (Å²) in [5.41, 5.74) is 1.06. The Kier molecular flexibility index (Phi) is 2.91. The second-order valence-corrected chi connectivity index (χ2v) is 4.02. The Morgan fingerprint density at radius 1 is 1.29 bits per heavy atom. The highest BCUT2D eigenvalue weighted by atomic mass is 16.4. The number of benzene rings is 1. The van der Waals surface area contributed by atoms with Gasteiger partial charge in [-0.15, -0.1) is 0 Å². The molecule has 17 heavy (non-hydrogen) atoms. The highest BCUT2D eigenvalue weighted by Crippen LogP contribution is 2.17. The molecule has 0 spiro atoms. The molecule has 1 heterocycles. The molecule has 2 amide bonds. The van der Waals surface area contributed by atoms with E-state index in [2.05, 4.69) is 5.32 Å². The van der Waals surface area contributed by atoms with Crippen LogP contribution in [0.3, 0.4) is 0 Å². The van der Waals surface area contributed by atoms with Crippen molar-refractivity contribution < 1.29 is 19.5 Å². The van der Waals surface area contributed by atoms with Gasteiger partial charge in [0.1, 0.15) is 0 Å². The molecule has 1 aromatic rings. The highest BCUT2D eigenvalue weighted by Gasteiger charge is 2.30. The van der Waals surface area contributed by atoms with E-state index in [1.807, 2.05) is 0 Å². The van der Waals surface area contributed by atoms with Gasteiger partial charge in [-0.25, -0.2) is 4.79 Å². The molecule has 0 saturated carbocycles. The quantitative estimate of drug-likeness (QED) is 0.748. The van der Waals surface area contributed by atoms with E-state index >= 15 is 0 Å². The number of imide groups is 1. The predicted octanol–water partition coefficient (Wildman–Crippen LogP) is 0.590. The zero-order valence-corrected chi connectivity index (χ0v) is 8.97. The summed E-state index contributed by atoms with van der Waals surface area (Å²) in [6, 6.07) is 6.32. The number of rotatable bonds is 3. The van der Waals surface area contributed by atoms with Crippen molar-refractivity contribution in [2.75, 3.05) is 0 Å². The topological polar surface area (TPSA) is 83.5 Å². The average molecular weight is 233 g/mol. The van der Waals surface area contributed by atoms with Gasteiger partial charge in [-0.2, -0.15) is 0 Å². The zero-order chi connectivity index (χ0) is 12.4. The summed E-state index contributed by atoms with van der Waals surface area (Å²) < 4.78 is 0. The van der Waals surface area contributed by atoms with Crippen molar-refractivity contribution in [2.45, 2.75) is 12.8 Å². The molecule has 1 aliphatic heterocycles. The number of carboxylic acids is 1. The summed E-state index contributed by atoms with van der Waals surface area (Å²) in [6.45, 7) is 0. The largest absolute Gasteiger partial charge is 0.478 e. The number of carboxylic acid groups (broad SMARTS) is 1. The minimum absolute atomic E-state index is 0.208. The van der Waals surface area contributed by atoms with Gasteiger partial charge in [-0.1, -0.05) is 12.1 Å².